The Kier molecular flexibility index (Phi) is 2.85. The maximum atomic E-state index is 12.4. The Bertz CT molecular complexity index is 577. The molecule has 4 rings (SSSR count). The highest BCUT2D eigenvalue weighted by Crippen LogP contribution is 2.32. The van der Waals surface area contributed by atoms with Crippen LogP contribution in [-0.2, 0) is 0 Å². The first kappa shape index (κ1) is 12.9. The van der Waals surface area contributed by atoms with E-state index in [1.54, 1.807) is 24.3 Å². The van der Waals surface area contributed by atoms with Crippen molar-refractivity contribution in [1.82, 2.24) is 14.9 Å². The Morgan fingerprint density at radius 1 is 1.00 bits per heavy atom. The van der Waals surface area contributed by atoms with Gasteiger partial charge in [-0.25, -0.2) is 10.0 Å². The SMILES string of the molecule is O=C1c2ccccc2C(=O)N1[C@H]1CN(N2CCCC2)C1O. The van der Waals surface area contributed by atoms with Gasteiger partial charge in [-0.3, -0.25) is 14.5 Å². The quantitative estimate of drug-likeness (QED) is 0.792. The minimum atomic E-state index is -0.787. The molecule has 3 aliphatic heterocycles. The van der Waals surface area contributed by atoms with Gasteiger partial charge < -0.3 is 5.11 Å². The number of aliphatic hydroxyl groups excluding tert-OH is 1. The van der Waals surface area contributed by atoms with E-state index >= 15 is 0 Å². The van der Waals surface area contributed by atoms with E-state index < -0.39 is 12.3 Å². The largest absolute Gasteiger partial charge is 0.375 e. The fourth-order valence-electron chi connectivity index (χ4n) is 3.42. The second-order valence-electron chi connectivity index (χ2n) is 5.79. The zero-order chi connectivity index (χ0) is 14.6. The summed E-state index contributed by atoms with van der Waals surface area (Å²) in [5.41, 5.74) is 0.878. The first-order chi connectivity index (χ1) is 10.2. The van der Waals surface area contributed by atoms with Gasteiger partial charge in [0.15, 0.2) is 0 Å². The van der Waals surface area contributed by atoms with Crippen LogP contribution in [0.1, 0.15) is 33.6 Å². The van der Waals surface area contributed by atoms with E-state index in [4.69, 9.17) is 0 Å². The van der Waals surface area contributed by atoms with Gasteiger partial charge in [0.25, 0.3) is 11.8 Å². The molecule has 2 atom stereocenters. The molecule has 0 radical (unpaired) electrons. The van der Waals surface area contributed by atoms with Crippen molar-refractivity contribution >= 4 is 11.8 Å². The minimum absolute atomic E-state index is 0.291. The fraction of sp³-hybridized carbons (Fsp3) is 0.467. The number of rotatable bonds is 2. The maximum absolute atomic E-state index is 12.4. The van der Waals surface area contributed by atoms with E-state index in [-0.39, 0.29) is 11.8 Å². The van der Waals surface area contributed by atoms with Crippen LogP contribution in [0.15, 0.2) is 24.3 Å². The molecular weight excluding hydrogens is 270 g/mol. The third-order valence-corrected chi connectivity index (χ3v) is 4.63. The van der Waals surface area contributed by atoms with Crippen molar-refractivity contribution in [2.75, 3.05) is 19.6 Å². The van der Waals surface area contributed by atoms with E-state index in [2.05, 4.69) is 5.01 Å². The summed E-state index contributed by atoms with van der Waals surface area (Å²) < 4.78 is 0. The lowest BCUT2D eigenvalue weighted by molar-refractivity contribution is -0.223. The highest BCUT2D eigenvalue weighted by Gasteiger charge is 2.51. The van der Waals surface area contributed by atoms with Crippen LogP contribution in [0.25, 0.3) is 0 Å². The van der Waals surface area contributed by atoms with Crippen LogP contribution in [0.2, 0.25) is 0 Å². The van der Waals surface area contributed by atoms with Gasteiger partial charge in [0.05, 0.1) is 17.2 Å². The van der Waals surface area contributed by atoms with Crippen LogP contribution in [0, 0.1) is 0 Å². The third-order valence-electron chi connectivity index (χ3n) is 4.63. The number of imide groups is 1. The summed E-state index contributed by atoms with van der Waals surface area (Å²) in [7, 11) is 0. The number of hydrogen-bond acceptors (Lipinski definition) is 5. The van der Waals surface area contributed by atoms with E-state index in [0.29, 0.717) is 17.7 Å². The molecule has 1 aromatic carbocycles. The Labute approximate surface area is 122 Å². The minimum Gasteiger partial charge on any atom is -0.375 e. The Balaban J connectivity index is 1.54. The Hall–Kier alpha value is -1.76. The molecule has 6 heteroatoms. The van der Waals surface area contributed by atoms with Crippen LogP contribution < -0.4 is 0 Å². The molecule has 0 bridgehead atoms. The number of fused-ring (bicyclic) bond motifs is 1. The molecule has 0 spiro atoms. The molecular formula is C15H17N3O3. The van der Waals surface area contributed by atoms with Gasteiger partial charge in [-0.2, -0.15) is 0 Å². The van der Waals surface area contributed by atoms with Gasteiger partial charge >= 0.3 is 0 Å². The van der Waals surface area contributed by atoms with E-state index in [0.717, 1.165) is 25.9 Å². The standard InChI is InChI=1S/C15H17N3O3/c19-13-10-5-1-2-6-11(10)14(20)18(13)12-9-17(15(12)21)16-7-3-4-8-16/h1-2,5-6,12,15,21H,3-4,7-9H2/t12-,15?/m0/s1. The summed E-state index contributed by atoms with van der Waals surface area (Å²) >= 11 is 0. The smallest absolute Gasteiger partial charge is 0.261 e. The zero-order valence-corrected chi connectivity index (χ0v) is 11.6. The lowest BCUT2D eigenvalue weighted by Crippen LogP contribution is -2.71. The number of hydrogen-bond donors (Lipinski definition) is 1. The van der Waals surface area contributed by atoms with Gasteiger partial charge in [0.1, 0.15) is 6.23 Å². The summed E-state index contributed by atoms with van der Waals surface area (Å²) in [4.78, 5) is 26.0. The molecule has 2 amide bonds. The van der Waals surface area contributed by atoms with Crippen LogP contribution in [0.3, 0.4) is 0 Å². The summed E-state index contributed by atoms with van der Waals surface area (Å²) in [6.07, 6.45) is 1.47. The van der Waals surface area contributed by atoms with Crippen LogP contribution >= 0.6 is 0 Å². The van der Waals surface area contributed by atoms with Gasteiger partial charge in [0.2, 0.25) is 0 Å². The highest BCUT2D eigenvalue weighted by molar-refractivity contribution is 6.21. The van der Waals surface area contributed by atoms with Crippen molar-refractivity contribution in [3.05, 3.63) is 35.4 Å². The number of hydrazine groups is 1. The van der Waals surface area contributed by atoms with Crippen LogP contribution in [0.4, 0.5) is 0 Å². The molecule has 3 aliphatic rings. The highest BCUT2D eigenvalue weighted by atomic mass is 16.3. The van der Waals surface area contributed by atoms with Crippen molar-refractivity contribution in [3.63, 3.8) is 0 Å². The Morgan fingerprint density at radius 3 is 2.10 bits per heavy atom. The van der Waals surface area contributed by atoms with Gasteiger partial charge in [-0.05, 0) is 25.0 Å². The molecule has 0 saturated carbocycles. The average Bonchev–Trinajstić information content (AvgIpc) is 3.09. The van der Waals surface area contributed by atoms with E-state index in [1.807, 2.05) is 5.01 Å². The first-order valence-electron chi connectivity index (χ1n) is 7.35. The van der Waals surface area contributed by atoms with Crippen molar-refractivity contribution in [2.45, 2.75) is 25.1 Å². The van der Waals surface area contributed by atoms with Crippen LogP contribution in [0.5, 0.6) is 0 Å². The number of carbonyl (C=O) groups excluding carboxylic acids is 2. The van der Waals surface area contributed by atoms with Crippen molar-refractivity contribution in [1.29, 1.82) is 0 Å². The monoisotopic (exact) mass is 287 g/mol. The van der Waals surface area contributed by atoms with Crippen molar-refractivity contribution in [2.24, 2.45) is 0 Å². The number of amides is 2. The summed E-state index contributed by atoms with van der Waals surface area (Å²) in [6, 6.07) is 6.39. The van der Waals surface area contributed by atoms with Crippen LogP contribution in [-0.4, -0.2) is 63.7 Å². The molecule has 2 saturated heterocycles. The summed E-state index contributed by atoms with van der Waals surface area (Å²) in [6.45, 7) is 2.39. The van der Waals surface area contributed by atoms with Crippen molar-refractivity contribution < 1.29 is 14.7 Å². The second-order valence-corrected chi connectivity index (χ2v) is 5.79. The lowest BCUT2D eigenvalue weighted by Gasteiger charge is -2.51. The van der Waals surface area contributed by atoms with E-state index in [9.17, 15) is 14.7 Å². The fourth-order valence-corrected chi connectivity index (χ4v) is 3.42. The predicted molar refractivity (Wildman–Crippen MR) is 74.2 cm³/mol. The average molecular weight is 287 g/mol. The molecule has 110 valence electrons. The number of nitrogens with zero attached hydrogens (tertiary/aromatic N) is 3. The molecule has 3 heterocycles. The Morgan fingerprint density at radius 2 is 1.57 bits per heavy atom. The number of aliphatic hydroxyl groups is 1. The molecule has 1 unspecified atom stereocenters. The topological polar surface area (TPSA) is 64.1 Å². The normalized spacial score (nSPS) is 29.9. The van der Waals surface area contributed by atoms with Gasteiger partial charge in [-0.1, -0.05) is 12.1 Å². The summed E-state index contributed by atoms with van der Waals surface area (Å²) in [5.74, 6) is -0.582. The molecule has 6 nitrogen and oxygen atoms in total. The lowest BCUT2D eigenvalue weighted by atomic mass is 10.1. The third kappa shape index (κ3) is 1.76. The zero-order valence-electron chi connectivity index (χ0n) is 11.6. The van der Waals surface area contributed by atoms with E-state index in [1.165, 1.54) is 4.90 Å². The molecule has 0 aromatic heterocycles. The molecule has 2 fully saturated rings. The molecule has 1 N–H and O–H groups in total. The molecule has 1 aromatic rings. The number of benzene rings is 1. The summed E-state index contributed by atoms with van der Waals surface area (Å²) in [5, 5.41) is 14.3. The maximum Gasteiger partial charge on any atom is 0.261 e. The van der Waals surface area contributed by atoms with Gasteiger partial charge in [-0.15, -0.1) is 0 Å². The number of carbonyl (C=O) groups is 2. The van der Waals surface area contributed by atoms with Crippen molar-refractivity contribution in [3.8, 4) is 0 Å². The second kappa shape index (κ2) is 4.62. The molecule has 21 heavy (non-hydrogen) atoms. The predicted octanol–water partition coefficient (Wildman–Crippen LogP) is 0.296. The molecule has 0 aliphatic carbocycles. The first-order valence-corrected chi connectivity index (χ1v) is 7.35. The van der Waals surface area contributed by atoms with Gasteiger partial charge in [0, 0.05) is 19.6 Å².